The van der Waals surface area contributed by atoms with Crippen molar-refractivity contribution in [1.29, 1.82) is 0 Å². The van der Waals surface area contributed by atoms with Crippen LogP contribution in [0.2, 0.25) is 0 Å². The zero-order valence-electron chi connectivity index (χ0n) is 15.0. The number of aromatic nitrogens is 2. The summed E-state index contributed by atoms with van der Waals surface area (Å²) < 4.78 is 5.43. The van der Waals surface area contributed by atoms with E-state index in [0.29, 0.717) is 18.3 Å². The molecule has 1 aromatic carbocycles. The van der Waals surface area contributed by atoms with Crippen LogP contribution in [0.3, 0.4) is 0 Å². The summed E-state index contributed by atoms with van der Waals surface area (Å²) in [5.41, 5.74) is 2.12. The second-order valence-corrected chi connectivity index (χ2v) is 6.69. The van der Waals surface area contributed by atoms with Crippen molar-refractivity contribution >= 4 is 5.91 Å². The van der Waals surface area contributed by atoms with E-state index < -0.39 is 0 Å². The van der Waals surface area contributed by atoms with Gasteiger partial charge in [-0.05, 0) is 38.3 Å². The SMILES string of the molecule is CCCNC(=O)C1CCCN(Cc2nc(-c3ccccc3C)no2)C1. The molecule has 1 fully saturated rings. The normalized spacial score (nSPS) is 18.2. The fourth-order valence-electron chi connectivity index (χ4n) is 3.25. The maximum absolute atomic E-state index is 12.2. The van der Waals surface area contributed by atoms with Crippen molar-refractivity contribution in [1.82, 2.24) is 20.4 Å². The van der Waals surface area contributed by atoms with E-state index in [4.69, 9.17) is 4.52 Å². The van der Waals surface area contributed by atoms with Gasteiger partial charge in [-0.25, -0.2) is 0 Å². The van der Waals surface area contributed by atoms with Gasteiger partial charge >= 0.3 is 0 Å². The minimum Gasteiger partial charge on any atom is -0.356 e. The second kappa shape index (κ2) is 8.25. The van der Waals surface area contributed by atoms with Crippen LogP contribution >= 0.6 is 0 Å². The van der Waals surface area contributed by atoms with E-state index in [2.05, 4.69) is 27.3 Å². The topological polar surface area (TPSA) is 71.3 Å². The molecule has 6 heteroatoms. The third-order valence-electron chi connectivity index (χ3n) is 4.64. The quantitative estimate of drug-likeness (QED) is 0.874. The first kappa shape index (κ1) is 17.6. The summed E-state index contributed by atoms with van der Waals surface area (Å²) in [7, 11) is 0. The molecule has 2 aromatic rings. The molecule has 3 rings (SSSR count). The maximum Gasteiger partial charge on any atom is 0.241 e. The second-order valence-electron chi connectivity index (χ2n) is 6.69. The van der Waals surface area contributed by atoms with E-state index in [1.807, 2.05) is 31.2 Å². The molecule has 0 bridgehead atoms. The van der Waals surface area contributed by atoms with Crippen LogP contribution in [0.5, 0.6) is 0 Å². The molecule has 1 N–H and O–H groups in total. The Kier molecular flexibility index (Phi) is 5.81. The number of hydrogen-bond donors (Lipinski definition) is 1. The number of benzene rings is 1. The third kappa shape index (κ3) is 4.45. The Morgan fingerprint density at radius 3 is 3.04 bits per heavy atom. The predicted octanol–water partition coefficient (Wildman–Crippen LogP) is 2.78. The van der Waals surface area contributed by atoms with Crippen LogP contribution in [0, 0.1) is 12.8 Å². The van der Waals surface area contributed by atoms with Gasteiger partial charge in [0.1, 0.15) is 0 Å². The lowest BCUT2D eigenvalue weighted by molar-refractivity contribution is -0.126. The van der Waals surface area contributed by atoms with E-state index in [0.717, 1.165) is 50.0 Å². The van der Waals surface area contributed by atoms with Crippen molar-refractivity contribution in [2.45, 2.75) is 39.7 Å². The predicted molar refractivity (Wildman–Crippen MR) is 95.8 cm³/mol. The summed E-state index contributed by atoms with van der Waals surface area (Å²) >= 11 is 0. The Bertz CT molecular complexity index is 713. The van der Waals surface area contributed by atoms with Crippen molar-refractivity contribution in [3.05, 3.63) is 35.7 Å². The molecule has 1 amide bonds. The van der Waals surface area contributed by atoms with Crippen LogP contribution in [0.4, 0.5) is 0 Å². The van der Waals surface area contributed by atoms with Crippen molar-refractivity contribution in [2.24, 2.45) is 5.92 Å². The van der Waals surface area contributed by atoms with Gasteiger partial charge in [-0.2, -0.15) is 4.98 Å². The van der Waals surface area contributed by atoms with Gasteiger partial charge in [0.25, 0.3) is 0 Å². The highest BCUT2D eigenvalue weighted by Gasteiger charge is 2.26. The van der Waals surface area contributed by atoms with Crippen LogP contribution < -0.4 is 5.32 Å². The molecule has 25 heavy (non-hydrogen) atoms. The molecule has 134 valence electrons. The number of carbonyl (C=O) groups is 1. The average Bonchev–Trinajstić information content (AvgIpc) is 3.08. The van der Waals surface area contributed by atoms with Crippen molar-refractivity contribution in [3.8, 4) is 11.4 Å². The minimum absolute atomic E-state index is 0.0547. The summed E-state index contributed by atoms with van der Waals surface area (Å²) in [4.78, 5) is 19.0. The van der Waals surface area contributed by atoms with Crippen LogP contribution in [-0.4, -0.2) is 40.6 Å². The molecule has 6 nitrogen and oxygen atoms in total. The Hall–Kier alpha value is -2.21. The molecule has 0 spiro atoms. The molecule has 2 heterocycles. The standard InChI is InChI=1S/C19H26N4O2/c1-3-10-20-19(24)15-8-6-11-23(12-15)13-17-21-18(22-25-17)16-9-5-4-7-14(16)2/h4-5,7,9,15H,3,6,8,10-13H2,1-2H3,(H,20,24). The van der Waals surface area contributed by atoms with E-state index in [9.17, 15) is 4.79 Å². The van der Waals surface area contributed by atoms with Gasteiger partial charge in [-0.3, -0.25) is 9.69 Å². The van der Waals surface area contributed by atoms with Crippen LogP contribution in [0.15, 0.2) is 28.8 Å². The van der Waals surface area contributed by atoms with Crippen LogP contribution in [0.1, 0.15) is 37.6 Å². The Morgan fingerprint density at radius 2 is 2.24 bits per heavy atom. The summed E-state index contributed by atoms with van der Waals surface area (Å²) in [5.74, 6) is 1.45. The van der Waals surface area contributed by atoms with Gasteiger partial charge in [-0.15, -0.1) is 0 Å². The highest BCUT2D eigenvalue weighted by molar-refractivity contribution is 5.78. The fourth-order valence-corrected chi connectivity index (χ4v) is 3.25. The zero-order valence-corrected chi connectivity index (χ0v) is 15.0. The molecule has 1 aliphatic heterocycles. The number of likely N-dealkylation sites (tertiary alicyclic amines) is 1. The summed E-state index contributed by atoms with van der Waals surface area (Å²) in [6, 6.07) is 8.01. The Balaban J connectivity index is 1.61. The van der Waals surface area contributed by atoms with E-state index in [1.165, 1.54) is 0 Å². The van der Waals surface area contributed by atoms with E-state index in [1.54, 1.807) is 0 Å². The number of aryl methyl sites for hydroxylation is 1. The zero-order chi connectivity index (χ0) is 17.6. The summed E-state index contributed by atoms with van der Waals surface area (Å²) in [6.45, 7) is 7.15. The van der Waals surface area contributed by atoms with Crippen LogP contribution in [0.25, 0.3) is 11.4 Å². The van der Waals surface area contributed by atoms with Crippen molar-refractivity contribution in [2.75, 3.05) is 19.6 Å². The minimum atomic E-state index is 0.0547. The van der Waals surface area contributed by atoms with E-state index >= 15 is 0 Å². The number of nitrogens with zero attached hydrogens (tertiary/aromatic N) is 3. The molecule has 1 unspecified atom stereocenters. The summed E-state index contributed by atoms with van der Waals surface area (Å²) in [6.07, 6.45) is 2.93. The number of hydrogen-bond acceptors (Lipinski definition) is 5. The molecule has 0 saturated carbocycles. The summed E-state index contributed by atoms with van der Waals surface area (Å²) in [5, 5.41) is 7.12. The molecular formula is C19H26N4O2. The molecule has 1 atom stereocenters. The number of nitrogens with one attached hydrogen (secondary N) is 1. The average molecular weight is 342 g/mol. The van der Waals surface area contributed by atoms with Gasteiger partial charge in [0.2, 0.25) is 17.6 Å². The van der Waals surface area contributed by atoms with Gasteiger partial charge in [-0.1, -0.05) is 36.3 Å². The number of amides is 1. The number of carbonyl (C=O) groups excluding carboxylic acids is 1. The van der Waals surface area contributed by atoms with Gasteiger partial charge in [0.15, 0.2) is 0 Å². The number of piperidine rings is 1. The smallest absolute Gasteiger partial charge is 0.241 e. The molecule has 1 aliphatic rings. The molecule has 1 aromatic heterocycles. The Labute approximate surface area is 148 Å². The fraction of sp³-hybridized carbons (Fsp3) is 0.526. The highest BCUT2D eigenvalue weighted by atomic mass is 16.5. The van der Waals surface area contributed by atoms with Crippen molar-refractivity contribution < 1.29 is 9.32 Å². The first-order valence-electron chi connectivity index (χ1n) is 9.06. The van der Waals surface area contributed by atoms with Crippen molar-refractivity contribution in [3.63, 3.8) is 0 Å². The molecule has 0 radical (unpaired) electrons. The molecular weight excluding hydrogens is 316 g/mol. The van der Waals surface area contributed by atoms with Gasteiger partial charge in [0, 0.05) is 18.7 Å². The highest BCUT2D eigenvalue weighted by Crippen LogP contribution is 2.22. The van der Waals surface area contributed by atoms with Crippen LogP contribution in [-0.2, 0) is 11.3 Å². The number of rotatable bonds is 6. The lowest BCUT2D eigenvalue weighted by Crippen LogP contribution is -2.42. The Morgan fingerprint density at radius 1 is 1.40 bits per heavy atom. The maximum atomic E-state index is 12.2. The van der Waals surface area contributed by atoms with Gasteiger partial charge in [0.05, 0.1) is 12.5 Å². The monoisotopic (exact) mass is 342 g/mol. The molecule has 1 saturated heterocycles. The van der Waals surface area contributed by atoms with E-state index in [-0.39, 0.29) is 11.8 Å². The first-order chi connectivity index (χ1) is 12.2. The first-order valence-corrected chi connectivity index (χ1v) is 9.06. The van der Waals surface area contributed by atoms with Gasteiger partial charge < -0.3 is 9.84 Å². The molecule has 0 aliphatic carbocycles. The third-order valence-corrected chi connectivity index (χ3v) is 4.64. The lowest BCUT2D eigenvalue weighted by Gasteiger charge is -2.30. The largest absolute Gasteiger partial charge is 0.356 e. The lowest BCUT2D eigenvalue weighted by atomic mass is 9.97.